The SMILES string of the molecule is CCCNC(CCN(C)C)Cc1cn(C)nn1. The predicted octanol–water partition coefficient (Wildman–Crippen LogP) is 0.677. The maximum absolute atomic E-state index is 4.15. The fourth-order valence-corrected chi connectivity index (χ4v) is 1.78. The fourth-order valence-electron chi connectivity index (χ4n) is 1.78. The lowest BCUT2D eigenvalue weighted by Crippen LogP contribution is -2.34. The van der Waals surface area contributed by atoms with Gasteiger partial charge in [-0.1, -0.05) is 12.1 Å². The van der Waals surface area contributed by atoms with Crippen LogP contribution in [-0.2, 0) is 13.5 Å². The van der Waals surface area contributed by atoms with Gasteiger partial charge in [0, 0.05) is 25.7 Å². The highest BCUT2D eigenvalue weighted by atomic mass is 15.4. The minimum atomic E-state index is 0.494. The summed E-state index contributed by atoms with van der Waals surface area (Å²) in [5, 5.41) is 11.7. The second-order valence-electron chi connectivity index (χ2n) is 4.83. The highest BCUT2D eigenvalue weighted by Gasteiger charge is 2.11. The van der Waals surface area contributed by atoms with E-state index >= 15 is 0 Å². The molecule has 1 N–H and O–H groups in total. The van der Waals surface area contributed by atoms with Crippen LogP contribution in [-0.4, -0.2) is 53.1 Å². The van der Waals surface area contributed by atoms with Gasteiger partial charge in [0.05, 0.1) is 5.69 Å². The van der Waals surface area contributed by atoms with Crippen LogP contribution in [0.25, 0.3) is 0 Å². The molecule has 0 radical (unpaired) electrons. The van der Waals surface area contributed by atoms with E-state index in [1.165, 1.54) is 6.42 Å². The van der Waals surface area contributed by atoms with Crippen LogP contribution in [0.2, 0.25) is 0 Å². The zero-order valence-electron chi connectivity index (χ0n) is 11.5. The molecule has 5 nitrogen and oxygen atoms in total. The molecule has 0 aromatic carbocycles. The molecule has 0 aliphatic rings. The first-order valence-corrected chi connectivity index (χ1v) is 6.35. The Kier molecular flexibility index (Phi) is 6.15. The van der Waals surface area contributed by atoms with Crippen LogP contribution in [0.1, 0.15) is 25.5 Å². The molecule has 0 bridgehead atoms. The molecular weight excluding hydrogens is 214 g/mol. The van der Waals surface area contributed by atoms with Crippen molar-refractivity contribution >= 4 is 0 Å². The van der Waals surface area contributed by atoms with E-state index in [2.05, 4.69) is 41.5 Å². The van der Waals surface area contributed by atoms with E-state index in [1.54, 1.807) is 4.68 Å². The largest absolute Gasteiger partial charge is 0.314 e. The quantitative estimate of drug-likeness (QED) is 0.724. The summed E-state index contributed by atoms with van der Waals surface area (Å²) in [4.78, 5) is 2.22. The second kappa shape index (κ2) is 7.40. The van der Waals surface area contributed by atoms with Crippen molar-refractivity contribution in [1.29, 1.82) is 0 Å². The predicted molar refractivity (Wildman–Crippen MR) is 70.0 cm³/mol. The lowest BCUT2D eigenvalue weighted by atomic mass is 10.1. The van der Waals surface area contributed by atoms with Crippen LogP contribution >= 0.6 is 0 Å². The highest BCUT2D eigenvalue weighted by Crippen LogP contribution is 2.03. The molecule has 98 valence electrons. The second-order valence-corrected chi connectivity index (χ2v) is 4.83. The van der Waals surface area contributed by atoms with Crippen molar-refractivity contribution in [3.63, 3.8) is 0 Å². The molecule has 1 rings (SSSR count). The van der Waals surface area contributed by atoms with Crippen LogP contribution < -0.4 is 5.32 Å². The van der Waals surface area contributed by atoms with Crippen LogP contribution in [0.5, 0.6) is 0 Å². The van der Waals surface area contributed by atoms with Gasteiger partial charge in [0.1, 0.15) is 0 Å². The molecule has 5 heteroatoms. The van der Waals surface area contributed by atoms with Gasteiger partial charge in [0.15, 0.2) is 0 Å². The summed E-state index contributed by atoms with van der Waals surface area (Å²) in [5.41, 5.74) is 1.07. The molecule has 1 unspecified atom stereocenters. The van der Waals surface area contributed by atoms with Crippen molar-refractivity contribution in [2.24, 2.45) is 7.05 Å². The van der Waals surface area contributed by atoms with E-state index in [0.29, 0.717) is 6.04 Å². The molecule has 1 atom stereocenters. The average Bonchev–Trinajstić information content (AvgIpc) is 2.68. The monoisotopic (exact) mass is 239 g/mol. The molecule has 1 aromatic heterocycles. The minimum absolute atomic E-state index is 0.494. The molecule has 1 aromatic rings. The number of nitrogens with one attached hydrogen (secondary N) is 1. The third-order valence-corrected chi connectivity index (χ3v) is 2.71. The summed E-state index contributed by atoms with van der Waals surface area (Å²) in [5.74, 6) is 0. The first-order chi connectivity index (χ1) is 8.11. The number of aryl methyl sites for hydroxylation is 1. The Morgan fingerprint density at radius 2 is 2.24 bits per heavy atom. The van der Waals surface area contributed by atoms with E-state index in [4.69, 9.17) is 0 Å². The Bertz CT molecular complexity index is 308. The maximum Gasteiger partial charge on any atom is 0.0842 e. The number of nitrogens with zero attached hydrogens (tertiary/aromatic N) is 4. The van der Waals surface area contributed by atoms with Gasteiger partial charge in [0.2, 0.25) is 0 Å². The van der Waals surface area contributed by atoms with Crippen LogP contribution in [0.3, 0.4) is 0 Å². The zero-order valence-corrected chi connectivity index (χ0v) is 11.5. The number of rotatable bonds is 8. The van der Waals surface area contributed by atoms with Crippen LogP contribution in [0.15, 0.2) is 6.20 Å². The Morgan fingerprint density at radius 3 is 2.76 bits per heavy atom. The summed E-state index contributed by atoms with van der Waals surface area (Å²) in [6.45, 7) is 4.36. The Labute approximate surface area is 104 Å². The third-order valence-electron chi connectivity index (χ3n) is 2.71. The summed E-state index contributed by atoms with van der Waals surface area (Å²) in [6, 6.07) is 0.494. The van der Waals surface area contributed by atoms with Crippen molar-refractivity contribution in [2.75, 3.05) is 27.2 Å². The summed E-state index contributed by atoms with van der Waals surface area (Å²) >= 11 is 0. The smallest absolute Gasteiger partial charge is 0.0842 e. The highest BCUT2D eigenvalue weighted by molar-refractivity contribution is 4.95. The average molecular weight is 239 g/mol. The van der Waals surface area contributed by atoms with E-state index < -0.39 is 0 Å². The lowest BCUT2D eigenvalue weighted by Gasteiger charge is -2.19. The van der Waals surface area contributed by atoms with Gasteiger partial charge in [-0.2, -0.15) is 0 Å². The van der Waals surface area contributed by atoms with E-state index in [1.807, 2.05) is 13.2 Å². The third kappa shape index (κ3) is 5.79. The van der Waals surface area contributed by atoms with Gasteiger partial charge in [-0.15, -0.1) is 5.10 Å². The number of hydrogen-bond acceptors (Lipinski definition) is 4. The summed E-state index contributed by atoms with van der Waals surface area (Å²) in [7, 11) is 6.13. The number of hydrogen-bond donors (Lipinski definition) is 1. The molecule has 1 heterocycles. The molecule has 0 saturated heterocycles. The summed E-state index contributed by atoms with van der Waals surface area (Å²) < 4.78 is 1.76. The number of aromatic nitrogens is 3. The fraction of sp³-hybridized carbons (Fsp3) is 0.833. The summed E-state index contributed by atoms with van der Waals surface area (Å²) in [6.07, 6.45) is 5.26. The van der Waals surface area contributed by atoms with Crippen molar-refractivity contribution in [3.05, 3.63) is 11.9 Å². The normalized spacial score (nSPS) is 13.2. The molecule has 0 fully saturated rings. The molecule has 0 aliphatic carbocycles. The Balaban J connectivity index is 2.44. The zero-order chi connectivity index (χ0) is 12.7. The maximum atomic E-state index is 4.15. The van der Waals surface area contributed by atoms with Crippen molar-refractivity contribution in [1.82, 2.24) is 25.2 Å². The van der Waals surface area contributed by atoms with E-state index in [0.717, 1.165) is 31.6 Å². The van der Waals surface area contributed by atoms with E-state index in [9.17, 15) is 0 Å². The van der Waals surface area contributed by atoms with Gasteiger partial charge in [0.25, 0.3) is 0 Å². The minimum Gasteiger partial charge on any atom is -0.314 e. The molecule has 0 aliphatic heterocycles. The molecule has 0 spiro atoms. The van der Waals surface area contributed by atoms with Crippen LogP contribution in [0.4, 0.5) is 0 Å². The lowest BCUT2D eigenvalue weighted by molar-refractivity contribution is 0.355. The van der Waals surface area contributed by atoms with E-state index in [-0.39, 0.29) is 0 Å². The molecule has 0 saturated carbocycles. The van der Waals surface area contributed by atoms with Crippen molar-refractivity contribution < 1.29 is 0 Å². The van der Waals surface area contributed by atoms with Gasteiger partial charge < -0.3 is 10.2 Å². The van der Waals surface area contributed by atoms with Gasteiger partial charge in [-0.3, -0.25) is 4.68 Å². The molecule has 17 heavy (non-hydrogen) atoms. The Hall–Kier alpha value is -0.940. The van der Waals surface area contributed by atoms with Crippen molar-refractivity contribution in [3.8, 4) is 0 Å². The van der Waals surface area contributed by atoms with Gasteiger partial charge >= 0.3 is 0 Å². The van der Waals surface area contributed by atoms with Gasteiger partial charge in [-0.05, 0) is 40.0 Å². The Morgan fingerprint density at radius 1 is 1.47 bits per heavy atom. The first-order valence-electron chi connectivity index (χ1n) is 6.35. The molecular formula is C12H25N5. The standard InChI is InChI=1S/C12H25N5/c1-5-7-13-11(6-8-16(2)3)9-12-10-17(4)15-14-12/h10-11,13H,5-9H2,1-4H3. The topological polar surface area (TPSA) is 46.0 Å². The van der Waals surface area contributed by atoms with Crippen LogP contribution in [0, 0.1) is 0 Å². The first kappa shape index (κ1) is 14.1. The van der Waals surface area contributed by atoms with Crippen molar-refractivity contribution in [2.45, 2.75) is 32.2 Å². The molecule has 0 amide bonds. The van der Waals surface area contributed by atoms with Gasteiger partial charge in [-0.25, -0.2) is 0 Å².